The van der Waals surface area contributed by atoms with Crippen molar-refractivity contribution in [1.82, 2.24) is 5.32 Å². The van der Waals surface area contributed by atoms with E-state index in [4.69, 9.17) is 5.73 Å². The molecule has 96 valence electrons. The second-order valence-electron chi connectivity index (χ2n) is 4.30. The Morgan fingerprint density at radius 2 is 2.00 bits per heavy atom. The predicted octanol–water partition coefficient (Wildman–Crippen LogP) is 2.15. The minimum absolute atomic E-state index is 0.247. The third-order valence-electron chi connectivity index (χ3n) is 2.75. The fraction of sp³-hybridized carbons (Fsp3) is 0.917. The Bertz CT molecular complexity index is 199. The van der Waals surface area contributed by atoms with Gasteiger partial charge in [0.2, 0.25) is 5.91 Å². The summed E-state index contributed by atoms with van der Waals surface area (Å²) in [6, 6.07) is 0. The van der Waals surface area contributed by atoms with Gasteiger partial charge in [-0.3, -0.25) is 4.79 Å². The minimum atomic E-state index is -0.535. The van der Waals surface area contributed by atoms with Crippen molar-refractivity contribution in [2.45, 2.75) is 52.0 Å². The van der Waals surface area contributed by atoms with Crippen molar-refractivity contribution in [2.75, 3.05) is 18.1 Å². The van der Waals surface area contributed by atoms with Gasteiger partial charge in [0.1, 0.15) is 0 Å². The number of hydrogen-bond donors (Lipinski definition) is 2. The number of amides is 1. The zero-order valence-electron chi connectivity index (χ0n) is 10.8. The van der Waals surface area contributed by atoms with Gasteiger partial charge in [0.25, 0.3) is 0 Å². The van der Waals surface area contributed by atoms with E-state index in [0.717, 1.165) is 18.7 Å². The fourth-order valence-electron chi connectivity index (χ4n) is 1.52. The van der Waals surface area contributed by atoms with Crippen LogP contribution in [0.5, 0.6) is 0 Å². The predicted molar refractivity (Wildman–Crippen MR) is 72.7 cm³/mol. The van der Waals surface area contributed by atoms with Crippen molar-refractivity contribution in [3.05, 3.63) is 0 Å². The quantitative estimate of drug-likeness (QED) is 0.581. The van der Waals surface area contributed by atoms with Crippen LogP contribution >= 0.6 is 11.8 Å². The normalized spacial score (nSPS) is 14.7. The van der Waals surface area contributed by atoms with E-state index in [-0.39, 0.29) is 5.91 Å². The molecule has 0 aliphatic heterocycles. The molecular weight excluding hydrogens is 220 g/mol. The van der Waals surface area contributed by atoms with Gasteiger partial charge in [-0.05, 0) is 37.8 Å². The summed E-state index contributed by atoms with van der Waals surface area (Å²) >= 11 is 1.92. The lowest BCUT2D eigenvalue weighted by atomic mass is 9.98. The summed E-state index contributed by atoms with van der Waals surface area (Å²) < 4.78 is 0. The Morgan fingerprint density at radius 1 is 1.31 bits per heavy atom. The van der Waals surface area contributed by atoms with Crippen LogP contribution in [0.3, 0.4) is 0 Å². The van der Waals surface area contributed by atoms with Gasteiger partial charge < -0.3 is 11.1 Å². The number of nitrogens with two attached hydrogens (primary N) is 1. The van der Waals surface area contributed by atoms with Gasteiger partial charge in [-0.2, -0.15) is 11.8 Å². The lowest BCUT2D eigenvalue weighted by molar-refractivity contribution is -0.123. The Morgan fingerprint density at radius 3 is 2.50 bits per heavy atom. The summed E-state index contributed by atoms with van der Waals surface area (Å²) in [4.78, 5) is 11.3. The highest BCUT2D eigenvalue weighted by molar-refractivity contribution is 7.99. The molecule has 4 heteroatoms. The summed E-state index contributed by atoms with van der Waals surface area (Å²) in [5.41, 5.74) is 4.87. The summed E-state index contributed by atoms with van der Waals surface area (Å²) in [7, 11) is 0. The van der Waals surface area contributed by atoms with Gasteiger partial charge in [-0.25, -0.2) is 0 Å². The van der Waals surface area contributed by atoms with Gasteiger partial charge in [0.05, 0.1) is 5.54 Å². The van der Waals surface area contributed by atoms with E-state index in [2.05, 4.69) is 12.2 Å². The zero-order valence-corrected chi connectivity index (χ0v) is 11.7. The Hall–Kier alpha value is -0.220. The van der Waals surface area contributed by atoms with E-state index in [1.54, 1.807) is 0 Å². The van der Waals surface area contributed by atoms with Gasteiger partial charge in [-0.1, -0.05) is 26.7 Å². The maximum absolute atomic E-state index is 11.3. The molecule has 16 heavy (non-hydrogen) atoms. The van der Waals surface area contributed by atoms with E-state index in [0.29, 0.717) is 0 Å². The summed E-state index contributed by atoms with van der Waals surface area (Å²) in [6.45, 7) is 6.88. The monoisotopic (exact) mass is 246 g/mol. The van der Waals surface area contributed by atoms with E-state index in [9.17, 15) is 4.79 Å². The average Bonchev–Trinajstić information content (AvgIpc) is 2.23. The molecule has 3 nitrogen and oxygen atoms in total. The molecule has 0 saturated heterocycles. The molecule has 0 rings (SSSR count). The maximum Gasteiger partial charge on any atom is 0.237 e. The highest BCUT2D eigenvalue weighted by Crippen LogP contribution is 2.15. The third kappa shape index (κ3) is 6.38. The van der Waals surface area contributed by atoms with Crippen LogP contribution in [-0.4, -0.2) is 29.5 Å². The number of thioether (sulfide) groups is 1. The maximum atomic E-state index is 11.3. The molecule has 1 unspecified atom stereocenters. The fourth-order valence-corrected chi connectivity index (χ4v) is 2.69. The smallest absolute Gasteiger partial charge is 0.237 e. The first-order valence-corrected chi connectivity index (χ1v) is 7.35. The molecule has 0 saturated carbocycles. The summed E-state index contributed by atoms with van der Waals surface area (Å²) in [5, 5.41) is 3.17. The molecule has 1 amide bonds. The average molecular weight is 246 g/mol. The van der Waals surface area contributed by atoms with Crippen LogP contribution in [0.15, 0.2) is 0 Å². The SMILES string of the molecule is CCCCCSCCC(C)(NCC)C(N)=O. The summed E-state index contributed by atoms with van der Waals surface area (Å²) in [5.74, 6) is 1.94. The second-order valence-corrected chi connectivity index (χ2v) is 5.52. The molecule has 0 aliphatic carbocycles. The lowest BCUT2D eigenvalue weighted by Crippen LogP contribution is -2.53. The number of nitrogens with one attached hydrogen (secondary N) is 1. The van der Waals surface area contributed by atoms with Crippen LogP contribution in [-0.2, 0) is 4.79 Å². The standard InChI is InChI=1S/C12H26N2OS/c1-4-6-7-9-16-10-8-12(3,11(13)15)14-5-2/h14H,4-10H2,1-3H3,(H2,13,15). The molecule has 1 atom stereocenters. The number of carbonyl (C=O) groups excluding carboxylic acids is 1. The lowest BCUT2D eigenvalue weighted by Gasteiger charge is -2.26. The van der Waals surface area contributed by atoms with Gasteiger partial charge in [0, 0.05) is 0 Å². The van der Waals surface area contributed by atoms with Crippen molar-refractivity contribution in [1.29, 1.82) is 0 Å². The molecule has 3 N–H and O–H groups in total. The number of carbonyl (C=O) groups is 1. The number of unbranched alkanes of at least 4 members (excludes halogenated alkanes) is 2. The molecule has 0 fully saturated rings. The van der Waals surface area contributed by atoms with Crippen molar-refractivity contribution in [2.24, 2.45) is 5.73 Å². The van der Waals surface area contributed by atoms with E-state index >= 15 is 0 Å². The largest absolute Gasteiger partial charge is 0.368 e. The Labute approximate surface area is 104 Å². The first-order chi connectivity index (χ1) is 7.56. The van der Waals surface area contributed by atoms with Crippen molar-refractivity contribution < 1.29 is 4.79 Å². The first kappa shape index (κ1) is 15.8. The van der Waals surface area contributed by atoms with Gasteiger partial charge >= 0.3 is 0 Å². The van der Waals surface area contributed by atoms with Crippen LogP contribution in [0, 0.1) is 0 Å². The first-order valence-electron chi connectivity index (χ1n) is 6.19. The topological polar surface area (TPSA) is 55.1 Å². The molecular formula is C12H26N2OS. The molecule has 0 aliphatic rings. The van der Waals surface area contributed by atoms with Crippen molar-refractivity contribution in [3.8, 4) is 0 Å². The van der Waals surface area contributed by atoms with Crippen molar-refractivity contribution in [3.63, 3.8) is 0 Å². The molecule has 0 spiro atoms. The Balaban J connectivity index is 3.73. The third-order valence-corrected chi connectivity index (χ3v) is 3.82. The molecule has 0 bridgehead atoms. The number of rotatable bonds is 10. The van der Waals surface area contributed by atoms with Gasteiger partial charge in [-0.15, -0.1) is 0 Å². The van der Waals surface area contributed by atoms with Crippen LogP contribution in [0.4, 0.5) is 0 Å². The van der Waals surface area contributed by atoms with E-state index < -0.39 is 5.54 Å². The van der Waals surface area contributed by atoms with Crippen LogP contribution in [0.2, 0.25) is 0 Å². The number of hydrogen-bond acceptors (Lipinski definition) is 3. The molecule has 0 radical (unpaired) electrons. The minimum Gasteiger partial charge on any atom is -0.368 e. The van der Waals surface area contributed by atoms with Crippen LogP contribution in [0.1, 0.15) is 46.5 Å². The van der Waals surface area contributed by atoms with Gasteiger partial charge in [0.15, 0.2) is 0 Å². The van der Waals surface area contributed by atoms with Crippen LogP contribution < -0.4 is 11.1 Å². The molecule has 0 heterocycles. The highest BCUT2D eigenvalue weighted by Gasteiger charge is 2.28. The number of likely N-dealkylation sites (N-methyl/N-ethyl adjacent to an activating group) is 1. The second kappa shape index (κ2) is 8.88. The molecule has 0 aromatic heterocycles. The Kier molecular flexibility index (Phi) is 8.76. The van der Waals surface area contributed by atoms with E-state index in [1.165, 1.54) is 25.0 Å². The molecule has 0 aromatic rings. The van der Waals surface area contributed by atoms with E-state index in [1.807, 2.05) is 25.6 Å². The number of primary amides is 1. The molecule has 0 aromatic carbocycles. The van der Waals surface area contributed by atoms with Crippen LogP contribution in [0.25, 0.3) is 0 Å². The van der Waals surface area contributed by atoms with Crippen molar-refractivity contribution >= 4 is 17.7 Å². The summed E-state index contributed by atoms with van der Waals surface area (Å²) in [6.07, 6.45) is 4.65. The zero-order chi connectivity index (χ0) is 12.4. The highest BCUT2D eigenvalue weighted by atomic mass is 32.2.